The third-order valence-corrected chi connectivity index (χ3v) is 1.73. The van der Waals surface area contributed by atoms with Gasteiger partial charge in [0.05, 0.1) is 0 Å². The maximum absolute atomic E-state index is 7.00. The van der Waals surface area contributed by atoms with Gasteiger partial charge in [-0.15, -0.1) is 12.8 Å². The summed E-state index contributed by atoms with van der Waals surface area (Å²) in [6, 6.07) is 0. The summed E-state index contributed by atoms with van der Waals surface area (Å²) in [7, 11) is 2.00. The fourth-order valence-electron chi connectivity index (χ4n) is 1.03. The van der Waals surface area contributed by atoms with Crippen LogP contribution in [-0.4, -0.2) is 24.4 Å². The van der Waals surface area contributed by atoms with Crippen LogP contribution in [0.1, 0.15) is 26.7 Å². The second kappa shape index (κ2) is 18.1. The first-order valence-electron chi connectivity index (χ1n) is 5.16. The summed E-state index contributed by atoms with van der Waals surface area (Å²) >= 11 is 0. The molecule has 0 aliphatic heterocycles. The van der Waals surface area contributed by atoms with Crippen molar-refractivity contribution in [3.63, 3.8) is 0 Å². The van der Waals surface area contributed by atoms with Crippen LogP contribution in [0, 0.1) is 12.2 Å². The van der Waals surface area contributed by atoms with Crippen LogP contribution < -0.4 is 0 Å². The Kier molecular flexibility index (Phi) is 23.4. The van der Waals surface area contributed by atoms with Crippen LogP contribution in [0.2, 0.25) is 0 Å². The number of aliphatic hydroxyl groups is 2. The van der Waals surface area contributed by atoms with Crippen LogP contribution in [0.25, 0.3) is 0 Å². The first kappa shape index (κ1) is 22.0. The van der Waals surface area contributed by atoms with Crippen molar-refractivity contribution in [3.8, 4) is 0 Å². The van der Waals surface area contributed by atoms with Gasteiger partial charge in [-0.3, -0.25) is 12.2 Å². The molecule has 0 bridgehead atoms. The predicted molar refractivity (Wildman–Crippen MR) is 68.7 cm³/mol. The third kappa shape index (κ3) is 15.8. The molecule has 2 rings (SSSR count). The topological polar surface area (TPSA) is 40.5 Å². The summed E-state index contributed by atoms with van der Waals surface area (Å²) in [6.45, 7) is 4.12. The van der Waals surface area contributed by atoms with Gasteiger partial charge in [-0.05, 0) is 0 Å². The maximum atomic E-state index is 7.00. The molecule has 0 saturated carbocycles. The first-order chi connectivity index (χ1) is 7.79. The van der Waals surface area contributed by atoms with Gasteiger partial charge in [0.1, 0.15) is 0 Å². The molecule has 17 heavy (non-hydrogen) atoms. The summed E-state index contributed by atoms with van der Waals surface area (Å²) in [5, 5.41) is 14.0. The zero-order valence-corrected chi connectivity index (χ0v) is 14.7. The Balaban J connectivity index is -0.000000171. The molecule has 0 fully saturated rings. The summed E-state index contributed by atoms with van der Waals surface area (Å²) < 4.78 is 0. The third-order valence-electron chi connectivity index (χ3n) is 1.73. The molecule has 2 aliphatic rings. The van der Waals surface area contributed by atoms with E-state index >= 15 is 0 Å². The molecule has 2 nitrogen and oxygen atoms in total. The Morgan fingerprint density at radius 3 is 1.18 bits per heavy atom. The SMILES string of the molecule is CC1=[C-]CC=C1.CC1=[C-]CC=C1.CO.CO.[Hf]. The molecular weight excluding hydrogens is 379 g/mol. The molecule has 0 saturated heterocycles. The molecule has 0 aromatic carbocycles. The minimum Gasteiger partial charge on any atom is -0.400 e. The van der Waals surface area contributed by atoms with E-state index < -0.39 is 0 Å². The van der Waals surface area contributed by atoms with Crippen LogP contribution in [0.4, 0.5) is 0 Å². The summed E-state index contributed by atoms with van der Waals surface area (Å²) in [4.78, 5) is 0. The van der Waals surface area contributed by atoms with E-state index in [0.717, 1.165) is 27.1 Å². The van der Waals surface area contributed by atoms with E-state index in [1.165, 1.54) is 11.1 Å². The van der Waals surface area contributed by atoms with E-state index in [-0.39, 0.29) is 25.8 Å². The largest absolute Gasteiger partial charge is 0.400 e. The van der Waals surface area contributed by atoms with E-state index in [2.05, 4.69) is 50.3 Å². The molecular formula is C14H22HfO2-2. The molecule has 96 valence electrons. The van der Waals surface area contributed by atoms with Crippen molar-refractivity contribution in [1.82, 2.24) is 0 Å². The number of aliphatic hydroxyl groups excluding tert-OH is 2. The zero-order valence-electron chi connectivity index (χ0n) is 11.1. The van der Waals surface area contributed by atoms with E-state index in [9.17, 15) is 0 Å². The smallest absolute Gasteiger partial charge is 0.0319 e. The monoisotopic (exact) mass is 402 g/mol. The molecule has 2 N–H and O–H groups in total. The second-order valence-corrected chi connectivity index (χ2v) is 2.93. The van der Waals surface area contributed by atoms with Crippen molar-refractivity contribution in [2.75, 3.05) is 14.2 Å². The van der Waals surface area contributed by atoms with Crippen molar-refractivity contribution < 1.29 is 36.1 Å². The van der Waals surface area contributed by atoms with Crippen LogP contribution in [-0.2, 0) is 25.8 Å². The Morgan fingerprint density at radius 1 is 0.824 bits per heavy atom. The minimum absolute atomic E-state index is 0. The van der Waals surface area contributed by atoms with Crippen LogP contribution in [0.15, 0.2) is 35.5 Å². The second-order valence-electron chi connectivity index (χ2n) is 2.93. The first-order valence-corrected chi connectivity index (χ1v) is 5.16. The Bertz CT molecular complexity index is 230. The zero-order chi connectivity index (χ0) is 12.8. The van der Waals surface area contributed by atoms with Crippen LogP contribution in [0.3, 0.4) is 0 Å². The molecule has 2 aliphatic carbocycles. The minimum atomic E-state index is 0. The van der Waals surface area contributed by atoms with Gasteiger partial charge in [-0.1, -0.05) is 13.8 Å². The molecule has 0 amide bonds. The van der Waals surface area contributed by atoms with E-state index in [0.29, 0.717) is 0 Å². The van der Waals surface area contributed by atoms with Crippen molar-refractivity contribution >= 4 is 0 Å². The standard InChI is InChI=1S/2C6H7.2CH4O.Hf/c2*1-6-4-2-3-5-6;2*1-2;/h2*2,4H,3H2,1H3;2*2H,1H3;/q2*-1;;;. The van der Waals surface area contributed by atoms with Crippen LogP contribution >= 0.6 is 0 Å². The van der Waals surface area contributed by atoms with Gasteiger partial charge in [0, 0.05) is 40.1 Å². The van der Waals surface area contributed by atoms with Crippen LogP contribution in [0.5, 0.6) is 0 Å². The van der Waals surface area contributed by atoms with E-state index in [1.54, 1.807) is 0 Å². The van der Waals surface area contributed by atoms with E-state index in [1.807, 2.05) is 0 Å². The van der Waals surface area contributed by atoms with E-state index in [4.69, 9.17) is 10.2 Å². The fourth-order valence-corrected chi connectivity index (χ4v) is 1.03. The van der Waals surface area contributed by atoms with Crippen molar-refractivity contribution in [2.45, 2.75) is 26.7 Å². The Hall–Kier alpha value is -0.250. The molecule has 0 aromatic heterocycles. The number of rotatable bonds is 0. The summed E-state index contributed by atoms with van der Waals surface area (Å²) in [5.41, 5.74) is 2.55. The normalized spacial score (nSPS) is 13.8. The maximum Gasteiger partial charge on any atom is 0.0319 e. The Labute approximate surface area is 124 Å². The van der Waals surface area contributed by atoms with Crippen molar-refractivity contribution in [3.05, 3.63) is 47.6 Å². The predicted octanol–water partition coefficient (Wildman–Crippen LogP) is 2.61. The van der Waals surface area contributed by atoms with Gasteiger partial charge in [-0.2, -0.15) is 12.2 Å². The van der Waals surface area contributed by atoms with Gasteiger partial charge >= 0.3 is 0 Å². The molecule has 0 aromatic rings. The molecule has 0 heterocycles. The summed E-state index contributed by atoms with van der Waals surface area (Å²) in [6.07, 6.45) is 16.7. The summed E-state index contributed by atoms with van der Waals surface area (Å²) in [5.74, 6) is 0. The number of allylic oxidation sites excluding steroid dienone is 8. The van der Waals surface area contributed by atoms with Crippen molar-refractivity contribution in [1.29, 1.82) is 0 Å². The molecule has 3 heteroatoms. The average Bonchev–Trinajstić information content (AvgIpc) is 2.98. The fraction of sp³-hybridized carbons (Fsp3) is 0.429. The van der Waals surface area contributed by atoms with Gasteiger partial charge in [0.2, 0.25) is 0 Å². The molecule has 0 unspecified atom stereocenters. The molecule has 0 radical (unpaired) electrons. The van der Waals surface area contributed by atoms with Gasteiger partial charge in [0.15, 0.2) is 0 Å². The van der Waals surface area contributed by atoms with Crippen molar-refractivity contribution in [2.24, 2.45) is 0 Å². The quantitative estimate of drug-likeness (QED) is 0.485. The average molecular weight is 401 g/mol. The molecule has 0 atom stereocenters. The number of hydrogen-bond donors (Lipinski definition) is 2. The van der Waals surface area contributed by atoms with Gasteiger partial charge in [0.25, 0.3) is 0 Å². The van der Waals surface area contributed by atoms with Gasteiger partial charge in [-0.25, -0.2) is 23.3 Å². The molecule has 0 spiro atoms. The Morgan fingerprint density at radius 2 is 1.12 bits per heavy atom. The number of hydrogen-bond acceptors (Lipinski definition) is 2. The van der Waals surface area contributed by atoms with Gasteiger partial charge < -0.3 is 10.2 Å².